The quantitative estimate of drug-likeness (QED) is 0.517. The van der Waals surface area contributed by atoms with E-state index >= 15 is 0 Å². The van der Waals surface area contributed by atoms with Gasteiger partial charge in [-0.25, -0.2) is 9.37 Å². The summed E-state index contributed by atoms with van der Waals surface area (Å²) >= 11 is 1.36. The van der Waals surface area contributed by atoms with E-state index in [4.69, 9.17) is 9.47 Å². The highest BCUT2D eigenvalue weighted by atomic mass is 32.1. The van der Waals surface area contributed by atoms with Crippen molar-refractivity contribution in [1.82, 2.24) is 4.98 Å². The molecule has 1 heterocycles. The minimum atomic E-state index is -0.435. The fourth-order valence-electron chi connectivity index (χ4n) is 2.15. The van der Waals surface area contributed by atoms with Crippen LogP contribution in [-0.2, 0) is 11.2 Å². The van der Waals surface area contributed by atoms with Gasteiger partial charge in [-0.3, -0.25) is 4.79 Å². The van der Waals surface area contributed by atoms with Crippen LogP contribution in [0.2, 0.25) is 0 Å². The van der Waals surface area contributed by atoms with Gasteiger partial charge in [-0.05, 0) is 24.3 Å². The van der Waals surface area contributed by atoms with E-state index in [1.807, 2.05) is 0 Å². The summed E-state index contributed by atoms with van der Waals surface area (Å²) in [7, 11) is 1.51. The molecule has 0 amide bonds. The van der Waals surface area contributed by atoms with Crippen molar-refractivity contribution in [2.24, 2.45) is 0 Å². The van der Waals surface area contributed by atoms with E-state index in [0.29, 0.717) is 27.8 Å². The lowest BCUT2D eigenvalue weighted by Gasteiger charge is -2.07. The van der Waals surface area contributed by atoms with Crippen molar-refractivity contribution in [1.29, 1.82) is 0 Å². The molecular weight excluding hydrogens is 329 g/mol. The number of methoxy groups -OCH3 is 1. The standard InChI is InChI=1S/C18H14FNO3S/c1-22-15-7-2-3-8-16(15)23-17(21)10-14-11-24-18(20-14)12-5-4-6-13(19)9-12/h2-9,11H,10H2,1H3. The molecule has 24 heavy (non-hydrogen) atoms. The van der Waals surface area contributed by atoms with E-state index < -0.39 is 5.97 Å². The maximum Gasteiger partial charge on any atom is 0.317 e. The minimum absolute atomic E-state index is 0.0316. The van der Waals surface area contributed by atoms with E-state index in [0.717, 1.165) is 0 Å². The first-order valence-corrected chi connectivity index (χ1v) is 8.07. The number of benzene rings is 2. The second-order valence-corrected chi connectivity index (χ2v) is 5.81. The third-order valence-electron chi connectivity index (χ3n) is 3.24. The maximum atomic E-state index is 13.3. The zero-order valence-electron chi connectivity index (χ0n) is 12.9. The number of hydrogen-bond acceptors (Lipinski definition) is 5. The molecule has 3 aromatic rings. The van der Waals surface area contributed by atoms with Crippen LogP contribution in [-0.4, -0.2) is 18.1 Å². The summed E-state index contributed by atoms with van der Waals surface area (Å²) in [6, 6.07) is 13.1. The molecule has 1 aromatic heterocycles. The summed E-state index contributed by atoms with van der Waals surface area (Å²) in [5.74, 6) is 0.102. The number of carbonyl (C=O) groups excluding carboxylic acids is 1. The molecule has 0 fully saturated rings. The molecule has 0 N–H and O–H groups in total. The summed E-state index contributed by atoms with van der Waals surface area (Å²) in [5, 5.41) is 2.43. The molecule has 0 atom stereocenters. The number of aromatic nitrogens is 1. The third-order valence-corrected chi connectivity index (χ3v) is 4.18. The largest absolute Gasteiger partial charge is 0.493 e. The van der Waals surface area contributed by atoms with Gasteiger partial charge >= 0.3 is 5.97 Å². The highest BCUT2D eigenvalue weighted by molar-refractivity contribution is 7.13. The average molecular weight is 343 g/mol. The van der Waals surface area contributed by atoms with Gasteiger partial charge in [0, 0.05) is 10.9 Å². The number of thiazole rings is 1. The minimum Gasteiger partial charge on any atom is -0.493 e. The maximum absolute atomic E-state index is 13.3. The monoisotopic (exact) mass is 343 g/mol. The molecule has 122 valence electrons. The lowest BCUT2D eigenvalue weighted by atomic mass is 10.2. The Morgan fingerprint density at radius 1 is 1.17 bits per heavy atom. The average Bonchev–Trinajstić information content (AvgIpc) is 3.03. The van der Waals surface area contributed by atoms with Crippen LogP contribution >= 0.6 is 11.3 Å². The summed E-state index contributed by atoms with van der Waals surface area (Å²) in [4.78, 5) is 16.4. The van der Waals surface area contributed by atoms with Gasteiger partial charge in [-0.2, -0.15) is 0 Å². The number of nitrogens with zero attached hydrogens (tertiary/aromatic N) is 1. The molecule has 0 aliphatic rings. The lowest BCUT2D eigenvalue weighted by Crippen LogP contribution is -2.12. The Kier molecular flexibility index (Phi) is 4.86. The molecule has 0 radical (unpaired) electrons. The predicted molar refractivity (Wildman–Crippen MR) is 89.8 cm³/mol. The topological polar surface area (TPSA) is 48.4 Å². The van der Waals surface area contributed by atoms with Gasteiger partial charge in [0.1, 0.15) is 10.8 Å². The fourth-order valence-corrected chi connectivity index (χ4v) is 2.97. The van der Waals surface area contributed by atoms with Gasteiger partial charge in [-0.15, -0.1) is 11.3 Å². The van der Waals surface area contributed by atoms with E-state index in [1.54, 1.807) is 41.8 Å². The summed E-state index contributed by atoms with van der Waals surface area (Å²) in [6.45, 7) is 0. The van der Waals surface area contributed by atoms with Crippen molar-refractivity contribution in [3.8, 4) is 22.1 Å². The highest BCUT2D eigenvalue weighted by Gasteiger charge is 2.13. The summed E-state index contributed by atoms with van der Waals surface area (Å²) < 4.78 is 23.7. The number of para-hydroxylation sites is 2. The number of hydrogen-bond donors (Lipinski definition) is 0. The Balaban J connectivity index is 1.69. The van der Waals surface area contributed by atoms with Crippen molar-refractivity contribution >= 4 is 17.3 Å². The number of rotatable bonds is 5. The molecule has 6 heteroatoms. The van der Waals surface area contributed by atoms with Crippen LogP contribution in [0.15, 0.2) is 53.9 Å². The summed E-state index contributed by atoms with van der Waals surface area (Å²) in [6.07, 6.45) is 0.0316. The Morgan fingerprint density at radius 3 is 2.71 bits per heavy atom. The normalized spacial score (nSPS) is 10.4. The Hall–Kier alpha value is -2.73. The number of carbonyl (C=O) groups is 1. The summed E-state index contributed by atoms with van der Waals surface area (Å²) in [5.41, 5.74) is 1.27. The molecule has 0 aliphatic carbocycles. The molecule has 4 nitrogen and oxygen atoms in total. The van der Waals surface area contributed by atoms with Crippen molar-refractivity contribution in [2.75, 3.05) is 7.11 Å². The van der Waals surface area contributed by atoms with Crippen LogP contribution in [0.3, 0.4) is 0 Å². The first-order valence-electron chi connectivity index (χ1n) is 7.20. The van der Waals surface area contributed by atoms with Gasteiger partial charge in [0.15, 0.2) is 11.5 Å². The molecule has 2 aromatic carbocycles. The third kappa shape index (κ3) is 3.78. The zero-order valence-corrected chi connectivity index (χ0v) is 13.7. The van der Waals surface area contributed by atoms with Crippen LogP contribution in [0.5, 0.6) is 11.5 Å². The second-order valence-electron chi connectivity index (χ2n) is 4.96. The van der Waals surface area contributed by atoms with Crippen molar-refractivity contribution in [2.45, 2.75) is 6.42 Å². The van der Waals surface area contributed by atoms with E-state index in [-0.39, 0.29) is 12.2 Å². The van der Waals surface area contributed by atoms with Gasteiger partial charge in [0.25, 0.3) is 0 Å². The van der Waals surface area contributed by atoms with Gasteiger partial charge in [0.05, 0.1) is 19.2 Å². The highest BCUT2D eigenvalue weighted by Crippen LogP contribution is 2.27. The first-order chi connectivity index (χ1) is 11.7. The van der Waals surface area contributed by atoms with Crippen molar-refractivity contribution in [3.63, 3.8) is 0 Å². The molecule has 0 saturated heterocycles. The van der Waals surface area contributed by atoms with Crippen molar-refractivity contribution < 1.29 is 18.7 Å². The van der Waals surface area contributed by atoms with Crippen LogP contribution in [0.1, 0.15) is 5.69 Å². The Morgan fingerprint density at radius 2 is 1.96 bits per heavy atom. The molecular formula is C18H14FNO3S. The van der Waals surface area contributed by atoms with Gasteiger partial charge < -0.3 is 9.47 Å². The SMILES string of the molecule is COc1ccccc1OC(=O)Cc1csc(-c2cccc(F)c2)n1. The zero-order chi connectivity index (χ0) is 16.9. The predicted octanol–water partition coefficient (Wildman–Crippen LogP) is 4.11. The molecule has 0 saturated carbocycles. The number of esters is 1. The van der Waals surface area contributed by atoms with E-state index in [1.165, 1.54) is 30.6 Å². The molecule has 0 bridgehead atoms. The fraction of sp³-hybridized carbons (Fsp3) is 0.111. The van der Waals surface area contributed by atoms with Crippen LogP contribution in [0, 0.1) is 5.82 Å². The van der Waals surface area contributed by atoms with Gasteiger partial charge in [0.2, 0.25) is 0 Å². The van der Waals surface area contributed by atoms with Crippen LogP contribution in [0.4, 0.5) is 4.39 Å². The first kappa shape index (κ1) is 16.1. The van der Waals surface area contributed by atoms with Crippen LogP contribution in [0.25, 0.3) is 10.6 Å². The van der Waals surface area contributed by atoms with Crippen molar-refractivity contribution in [3.05, 3.63) is 65.4 Å². The molecule has 3 rings (SSSR count). The van der Waals surface area contributed by atoms with Gasteiger partial charge in [-0.1, -0.05) is 24.3 Å². The second kappa shape index (κ2) is 7.23. The molecule has 0 spiro atoms. The molecule has 0 unspecified atom stereocenters. The number of ether oxygens (including phenoxy) is 2. The van der Waals surface area contributed by atoms with E-state index in [9.17, 15) is 9.18 Å². The number of halogens is 1. The van der Waals surface area contributed by atoms with E-state index in [2.05, 4.69) is 4.98 Å². The van der Waals surface area contributed by atoms with Crippen LogP contribution < -0.4 is 9.47 Å². The lowest BCUT2D eigenvalue weighted by molar-refractivity contribution is -0.133. The molecule has 0 aliphatic heterocycles. The Labute approximate surface area is 142 Å². The Bertz CT molecular complexity index is 863. The smallest absolute Gasteiger partial charge is 0.317 e.